The van der Waals surface area contributed by atoms with Gasteiger partial charge in [-0.25, -0.2) is 0 Å². The number of para-hydroxylation sites is 1. The van der Waals surface area contributed by atoms with Gasteiger partial charge in [0.2, 0.25) is 5.91 Å². The van der Waals surface area contributed by atoms with Crippen LogP contribution in [0.5, 0.6) is 0 Å². The molecule has 1 N–H and O–H groups in total. The maximum atomic E-state index is 12.4. The Morgan fingerprint density at radius 1 is 1.18 bits per heavy atom. The Balaban J connectivity index is 1.57. The summed E-state index contributed by atoms with van der Waals surface area (Å²) >= 11 is 0. The van der Waals surface area contributed by atoms with Crippen molar-refractivity contribution >= 4 is 17.3 Å². The van der Waals surface area contributed by atoms with Gasteiger partial charge >= 0.3 is 0 Å². The van der Waals surface area contributed by atoms with Crippen molar-refractivity contribution in [2.75, 3.05) is 23.3 Å². The number of hydrogen-bond acceptors (Lipinski definition) is 2. The summed E-state index contributed by atoms with van der Waals surface area (Å²) in [5.41, 5.74) is 5.95. The summed E-state index contributed by atoms with van der Waals surface area (Å²) in [6.07, 6.45) is 1.48. The van der Waals surface area contributed by atoms with Crippen molar-refractivity contribution in [3.63, 3.8) is 0 Å². The quantitative estimate of drug-likeness (QED) is 0.932. The molecule has 0 aliphatic carbocycles. The SMILES string of the molecule is Cc1ccc(NCCC(=O)N2CCc3ccccc32)c(C)c1. The summed E-state index contributed by atoms with van der Waals surface area (Å²) < 4.78 is 0. The minimum absolute atomic E-state index is 0.196. The van der Waals surface area contributed by atoms with Crippen LogP contribution in [0, 0.1) is 13.8 Å². The molecule has 0 spiro atoms. The molecule has 1 aliphatic heterocycles. The van der Waals surface area contributed by atoms with Crippen LogP contribution in [0.1, 0.15) is 23.1 Å². The largest absolute Gasteiger partial charge is 0.384 e. The van der Waals surface area contributed by atoms with Crippen molar-refractivity contribution in [1.29, 1.82) is 0 Å². The molecule has 2 aromatic carbocycles. The van der Waals surface area contributed by atoms with Crippen LogP contribution in [0.15, 0.2) is 42.5 Å². The van der Waals surface area contributed by atoms with Crippen LogP contribution < -0.4 is 10.2 Å². The van der Waals surface area contributed by atoms with E-state index in [1.807, 2.05) is 23.1 Å². The maximum Gasteiger partial charge on any atom is 0.228 e. The topological polar surface area (TPSA) is 32.3 Å². The lowest BCUT2D eigenvalue weighted by molar-refractivity contribution is -0.118. The van der Waals surface area contributed by atoms with Crippen LogP contribution in [-0.4, -0.2) is 19.0 Å². The van der Waals surface area contributed by atoms with Gasteiger partial charge in [-0.2, -0.15) is 0 Å². The van der Waals surface area contributed by atoms with Crippen molar-refractivity contribution in [3.8, 4) is 0 Å². The second-order valence-corrected chi connectivity index (χ2v) is 5.92. The van der Waals surface area contributed by atoms with Crippen LogP contribution in [-0.2, 0) is 11.2 Å². The Labute approximate surface area is 132 Å². The van der Waals surface area contributed by atoms with E-state index in [-0.39, 0.29) is 5.91 Å². The number of aryl methyl sites for hydroxylation is 2. The van der Waals surface area contributed by atoms with Gasteiger partial charge in [0.15, 0.2) is 0 Å². The van der Waals surface area contributed by atoms with E-state index in [1.165, 1.54) is 16.7 Å². The Bertz CT molecular complexity index is 694. The van der Waals surface area contributed by atoms with Crippen molar-refractivity contribution < 1.29 is 4.79 Å². The van der Waals surface area contributed by atoms with Crippen molar-refractivity contribution in [1.82, 2.24) is 0 Å². The first kappa shape index (κ1) is 14.6. The highest BCUT2D eigenvalue weighted by Crippen LogP contribution is 2.27. The molecule has 0 radical (unpaired) electrons. The van der Waals surface area contributed by atoms with Gasteiger partial charge in [0.05, 0.1) is 0 Å². The molecule has 0 saturated carbocycles. The summed E-state index contributed by atoms with van der Waals surface area (Å²) in [5, 5.41) is 3.37. The zero-order valence-electron chi connectivity index (χ0n) is 13.2. The lowest BCUT2D eigenvalue weighted by Gasteiger charge is -2.18. The Morgan fingerprint density at radius 2 is 2.00 bits per heavy atom. The van der Waals surface area contributed by atoms with Crippen molar-refractivity contribution in [2.24, 2.45) is 0 Å². The fraction of sp³-hybridized carbons (Fsp3) is 0.316. The molecule has 0 unspecified atom stereocenters. The maximum absolute atomic E-state index is 12.4. The fourth-order valence-corrected chi connectivity index (χ4v) is 3.05. The molecular formula is C19H22N2O. The van der Waals surface area contributed by atoms with Gasteiger partial charge in [-0.3, -0.25) is 4.79 Å². The second-order valence-electron chi connectivity index (χ2n) is 5.92. The minimum atomic E-state index is 0.196. The van der Waals surface area contributed by atoms with Gasteiger partial charge in [-0.1, -0.05) is 35.9 Å². The van der Waals surface area contributed by atoms with Gasteiger partial charge in [0.1, 0.15) is 0 Å². The monoisotopic (exact) mass is 294 g/mol. The lowest BCUT2D eigenvalue weighted by Crippen LogP contribution is -2.30. The first-order valence-electron chi connectivity index (χ1n) is 7.84. The number of hydrogen-bond donors (Lipinski definition) is 1. The Kier molecular flexibility index (Phi) is 4.14. The standard InChI is InChI=1S/C19H22N2O/c1-14-7-8-17(15(2)13-14)20-11-9-19(22)21-12-10-16-5-3-4-6-18(16)21/h3-8,13,20H,9-12H2,1-2H3. The normalized spacial score (nSPS) is 13.1. The average Bonchev–Trinajstić information content (AvgIpc) is 2.93. The number of fused-ring (bicyclic) bond motifs is 1. The molecule has 0 bridgehead atoms. The fourth-order valence-electron chi connectivity index (χ4n) is 3.05. The number of rotatable bonds is 4. The molecule has 0 saturated heterocycles. The molecule has 114 valence electrons. The number of amides is 1. The first-order valence-corrected chi connectivity index (χ1v) is 7.84. The number of nitrogens with one attached hydrogen (secondary N) is 1. The molecule has 0 fully saturated rings. The number of carbonyl (C=O) groups excluding carboxylic acids is 1. The van der Waals surface area contributed by atoms with E-state index in [9.17, 15) is 4.79 Å². The predicted molar refractivity (Wildman–Crippen MR) is 91.5 cm³/mol. The molecule has 0 aromatic heterocycles. The van der Waals surface area contributed by atoms with Gasteiger partial charge in [0, 0.05) is 30.9 Å². The molecule has 0 atom stereocenters. The highest BCUT2D eigenvalue weighted by molar-refractivity contribution is 5.95. The minimum Gasteiger partial charge on any atom is -0.384 e. The third kappa shape index (κ3) is 2.98. The molecule has 3 rings (SSSR count). The predicted octanol–water partition coefficient (Wildman–Crippen LogP) is 3.69. The molecule has 1 heterocycles. The number of benzene rings is 2. The summed E-state index contributed by atoms with van der Waals surface area (Å²) in [5.74, 6) is 0.196. The van der Waals surface area contributed by atoms with E-state index in [0.717, 1.165) is 24.3 Å². The molecule has 1 aliphatic rings. The van der Waals surface area contributed by atoms with E-state index in [1.54, 1.807) is 0 Å². The van der Waals surface area contributed by atoms with E-state index in [0.29, 0.717) is 13.0 Å². The number of anilines is 2. The number of nitrogens with zero attached hydrogens (tertiary/aromatic N) is 1. The van der Waals surface area contributed by atoms with Crippen LogP contribution in [0.3, 0.4) is 0 Å². The smallest absolute Gasteiger partial charge is 0.228 e. The second kappa shape index (κ2) is 6.22. The molecular weight excluding hydrogens is 272 g/mol. The highest BCUT2D eigenvalue weighted by Gasteiger charge is 2.23. The number of carbonyl (C=O) groups is 1. The Hall–Kier alpha value is -2.29. The zero-order chi connectivity index (χ0) is 15.5. The lowest BCUT2D eigenvalue weighted by atomic mass is 10.1. The van der Waals surface area contributed by atoms with Crippen LogP contribution >= 0.6 is 0 Å². The van der Waals surface area contributed by atoms with E-state index < -0.39 is 0 Å². The van der Waals surface area contributed by atoms with Gasteiger partial charge in [0.25, 0.3) is 0 Å². The first-order chi connectivity index (χ1) is 10.6. The average molecular weight is 294 g/mol. The summed E-state index contributed by atoms with van der Waals surface area (Å²) in [6.45, 7) is 5.65. The molecule has 22 heavy (non-hydrogen) atoms. The summed E-state index contributed by atoms with van der Waals surface area (Å²) in [4.78, 5) is 14.3. The van der Waals surface area contributed by atoms with Crippen LogP contribution in [0.25, 0.3) is 0 Å². The van der Waals surface area contributed by atoms with Crippen LogP contribution in [0.4, 0.5) is 11.4 Å². The molecule has 1 amide bonds. The molecule has 3 nitrogen and oxygen atoms in total. The molecule has 3 heteroatoms. The third-order valence-electron chi connectivity index (χ3n) is 4.22. The Morgan fingerprint density at radius 3 is 2.82 bits per heavy atom. The van der Waals surface area contributed by atoms with Crippen molar-refractivity contribution in [2.45, 2.75) is 26.7 Å². The zero-order valence-corrected chi connectivity index (χ0v) is 13.2. The summed E-state index contributed by atoms with van der Waals surface area (Å²) in [7, 11) is 0. The van der Waals surface area contributed by atoms with E-state index in [4.69, 9.17) is 0 Å². The van der Waals surface area contributed by atoms with Gasteiger partial charge < -0.3 is 10.2 Å². The van der Waals surface area contributed by atoms with Gasteiger partial charge in [-0.15, -0.1) is 0 Å². The van der Waals surface area contributed by atoms with Crippen molar-refractivity contribution in [3.05, 3.63) is 59.2 Å². The van der Waals surface area contributed by atoms with Gasteiger partial charge in [-0.05, 0) is 43.5 Å². The van der Waals surface area contributed by atoms with E-state index >= 15 is 0 Å². The van der Waals surface area contributed by atoms with Crippen LogP contribution in [0.2, 0.25) is 0 Å². The third-order valence-corrected chi connectivity index (χ3v) is 4.22. The molecule has 2 aromatic rings. The summed E-state index contributed by atoms with van der Waals surface area (Å²) in [6, 6.07) is 14.5. The van der Waals surface area contributed by atoms with E-state index in [2.05, 4.69) is 43.4 Å². The highest BCUT2D eigenvalue weighted by atomic mass is 16.2.